The van der Waals surface area contributed by atoms with Crippen LogP contribution in [-0.4, -0.2) is 39.5 Å². The summed E-state index contributed by atoms with van der Waals surface area (Å²) in [7, 11) is -3.35. The predicted octanol–water partition coefficient (Wildman–Crippen LogP) is 3.45. The number of nitrogens with zero attached hydrogens (tertiary/aromatic N) is 3. The molecule has 0 radical (unpaired) electrons. The zero-order chi connectivity index (χ0) is 21.3. The molecular weight excluding hydrogens is 402 g/mol. The van der Waals surface area contributed by atoms with E-state index in [-0.39, 0.29) is 10.8 Å². The third-order valence-corrected chi connectivity index (χ3v) is 6.81. The highest BCUT2D eigenvalue weighted by molar-refractivity contribution is 7.92. The second kappa shape index (κ2) is 7.68. The van der Waals surface area contributed by atoms with Gasteiger partial charge in [0.25, 0.3) is 5.91 Å². The second-order valence-corrected chi connectivity index (χ2v) is 9.47. The highest BCUT2D eigenvalue weighted by atomic mass is 32.2. The number of sulfone groups is 1. The van der Waals surface area contributed by atoms with Crippen LogP contribution >= 0.6 is 0 Å². The average molecular weight is 421 g/mol. The van der Waals surface area contributed by atoms with Crippen molar-refractivity contribution in [3.63, 3.8) is 0 Å². The van der Waals surface area contributed by atoms with Gasteiger partial charge in [-0.05, 0) is 38.1 Å². The van der Waals surface area contributed by atoms with Crippen molar-refractivity contribution >= 4 is 32.6 Å². The summed E-state index contributed by atoms with van der Waals surface area (Å²) in [6, 6.07) is 9.96. The van der Waals surface area contributed by atoms with E-state index in [0.29, 0.717) is 33.7 Å². The Bertz CT molecular complexity index is 1310. The summed E-state index contributed by atoms with van der Waals surface area (Å²) in [5, 5.41) is 2.27. The molecule has 0 aliphatic rings. The molecule has 0 unspecified atom stereocenters. The van der Waals surface area contributed by atoms with Crippen LogP contribution in [0.2, 0.25) is 0 Å². The van der Waals surface area contributed by atoms with Gasteiger partial charge in [0.2, 0.25) is 0 Å². The molecule has 3 heterocycles. The molecule has 8 nitrogen and oxygen atoms in total. The minimum atomic E-state index is -3.35. The van der Waals surface area contributed by atoms with Gasteiger partial charge in [0.15, 0.2) is 15.5 Å². The topological polar surface area (TPSA) is 118 Å². The van der Waals surface area contributed by atoms with E-state index in [1.54, 1.807) is 75.0 Å². The van der Waals surface area contributed by atoms with Crippen molar-refractivity contribution in [1.29, 1.82) is 0 Å². The number of anilines is 1. The van der Waals surface area contributed by atoms with Gasteiger partial charge < -0.3 is 10.3 Å². The normalized spacial score (nSPS) is 11.7. The molecule has 0 fully saturated rings. The lowest BCUT2D eigenvalue weighted by Crippen LogP contribution is -2.13. The van der Waals surface area contributed by atoms with E-state index in [2.05, 4.69) is 25.3 Å². The van der Waals surface area contributed by atoms with Crippen LogP contribution in [-0.2, 0) is 9.84 Å². The molecule has 1 aromatic carbocycles. The van der Waals surface area contributed by atoms with Gasteiger partial charge in [-0.1, -0.05) is 12.1 Å². The van der Waals surface area contributed by atoms with Gasteiger partial charge >= 0.3 is 0 Å². The van der Waals surface area contributed by atoms with Crippen molar-refractivity contribution in [2.75, 3.05) is 5.32 Å². The van der Waals surface area contributed by atoms with Crippen LogP contribution in [0.3, 0.4) is 0 Å². The molecule has 30 heavy (non-hydrogen) atoms. The molecule has 2 N–H and O–H groups in total. The minimum absolute atomic E-state index is 0.258. The van der Waals surface area contributed by atoms with Crippen molar-refractivity contribution in [3.05, 3.63) is 66.7 Å². The zero-order valence-corrected chi connectivity index (χ0v) is 17.1. The van der Waals surface area contributed by atoms with Gasteiger partial charge in [-0.2, -0.15) is 0 Å². The van der Waals surface area contributed by atoms with Crippen LogP contribution in [0.15, 0.2) is 66.1 Å². The van der Waals surface area contributed by atoms with Crippen molar-refractivity contribution < 1.29 is 13.2 Å². The van der Waals surface area contributed by atoms with Crippen molar-refractivity contribution in [3.8, 4) is 11.3 Å². The van der Waals surface area contributed by atoms with Gasteiger partial charge in [-0.3, -0.25) is 9.78 Å². The molecule has 4 aromatic rings. The largest absolute Gasteiger partial charge is 0.344 e. The molecule has 0 aliphatic heterocycles. The van der Waals surface area contributed by atoms with Crippen molar-refractivity contribution in [2.24, 2.45) is 0 Å². The summed E-state index contributed by atoms with van der Waals surface area (Å²) in [6.45, 7) is 3.29. The summed E-state index contributed by atoms with van der Waals surface area (Å²) >= 11 is 0. The third kappa shape index (κ3) is 3.67. The molecule has 4 rings (SSSR count). The van der Waals surface area contributed by atoms with E-state index in [1.165, 1.54) is 0 Å². The fourth-order valence-electron chi connectivity index (χ4n) is 2.93. The summed E-state index contributed by atoms with van der Waals surface area (Å²) in [6.07, 6.45) is 6.30. The summed E-state index contributed by atoms with van der Waals surface area (Å²) < 4.78 is 24.6. The SMILES string of the molecule is CC(C)S(=O)(=O)c1ccc(-c2cnc3[nH]cc(C(=O)Nc4cccnc4)c3n2)cc1. The molecule has 0 spiro atoms. The Kier molecular flexibility index (Phi) is 5.04. The molecule has 0 bridgehead atoms. The number of hydrogen-bond donors (Lipinski definition) is 2. The first kappa shape index (κ1) is 19.7. The number of benzene rings is 1. The summed E-state index contributed by atoms with van der Waals surface area (Å²) in [4.78, 5) is 28.8. The fourth-order valence-corrected chi connectivity index (χ4v) is 3.99. The number of hydrogen-bond acceptors (Lipinski definition) is 6. The Balaban J connectivity index is 1.67. The maximum atomic E-state index is 12.7. The molecule has 9 heteroatoms. The smallest absolute Gasteiger partial charge is 0.259 e. The van der Waals surface area contributed by atoms with Gasteiger partial charge in [0.05, 0.1) is 39.5 Å². The first-order chi connectivity index (χ1) is 14.4. The molecule has 0 saturated heterocycles. The lowest BCUT2D eigenvalue weighted by Gasteiger charge is -2.08. The Labute approximate surface area is 173 Å². The predicted molar refractivity (Wildman–Crippen MR) is 114 cm³/mol. The van der Waals surface area contributed by atoms with Crippen LogP contribution in [0.5, 0.6) is 0 Å². The maximum absolute atomic E-state index is 12.7. The molecule has 0 atom stereocenters. The first-order valence-corrected chi connectivity index (χ1v) is 10.8. The number of pyridine rings is 1. The van der Waals surface area contributed by atoms with E-state index < -0.39 is 15.1 Å². The summed E-state index contributed by atoms with van der Waals surface area (Å²) in [5.41, 5.74) is 3.06. The number of aromatic amines is 1. The van der Waals surface area contributed by atoms with Gasteiger partial charge in [0, 0.05) is 18.0 Å². The number of H-pyrrole nitrogens is 1. The molecule has 0 aliphatic carbocycles. The van der Waals surface area contributed by atoms with Crippen LogP contribution in [0.1, 0.15) is 24.2 Å². The first-order valence-electron chi connectivity index (χ1n) is 9.26. The number of nitrogens with one attached hydrogen (secondary N) is 2. The van der Waals surface area contributed by atoms with Gasteiger partial charge in [-0.25, -0.2) is 18.4 Å². The molecular formula is C21H19N5O3S. The third-order valence-electron chi connectivity index (χ3n) is 4.64. The molecule has 3 aromatic heterocycles. The van der Waals surface area contributed by atoms with Crippen LogP contribution in [0.4, 0.5) is 5.69 Å². The highest BCUT2D eigenvalue weighted by Crippen LogP contribution is 2.24. The Morgan fingerprint density at radius 2 is 1.87 bits per heavy atom. The minimum Gasteiger partial charge on any atom is -0.344 e. The molecule has 152 valence electrons. The lowest BCUT2D eigenvalue weighted by molar-refractivity contribution is 0.102. The maximum Gasteiger partial charge on any atom is 0.259 e. The van der Waals surface area contributed by atoms with Crippen LogP contribution in [0.25, 0.3) is 22.4 Å². The van der Waals surface area contributed by atoms with E-state index in [1.807, 2.05) is 0 Å². The van der Waals surface area contributed by atoms with Crippen molar-refractivity contribution in [1.82, 2.24) is 19.9 Å². The van der Waals surface area contributed by atoms with Crippen molar-refractivity contribution in [2.45, 2.75) is 24.0 Å². The van der Waals surface area contributed by atoms with E-state index in [0.717, 1.165) is 0 Å². The Morgan fingerprint density at radius 3 is 2.53 bits per heavy atom. The summed E-state index contributed by atoms with van der Waals surface area (Å²) in [5.74, 6) is -0.334. The number of rotatable bonds is 5. The number of fused-ring (bicyclic) bond motifs is 1. The number of carbonyl (C=O) groups excluding carboxylic acids is 1. The average Bonchev–Trinajstić information content (AvgIpc) is 3.18. The monoisotopic (exact) mass is 421 g/mol. The fraction of sp³-hybridized carbons (Fsp3) is 0.143. The quantitative estimate of drug-likeness (QED) is 0.510. The Morgan fingerprint density at radius 1 is 1.10 bits per heavy atom. The highest BCUT2D eigenvalue weighted by Gasteiger charge is 2.19. The molecule has 1 amide bonds. The van der Waals surface area contributed by atoms with Crippen LogP contribution in [0, 0.1) is 0 Å². The van der Waals surface area contributed by atoms with E-state index >= 15 is 0 Å². The lowest BCUT2D eigenvalue weighted by atomic mass is 10.1. The standard InChI is InChI=1S/C21H19N5O3S/c1-13(2)30(28,29)16-7-5-14(6-8-16)18-12-24-20-19(26-18)17(11-23-20)21(27)25-15-4-3-9-22-10-15/h3-13H,1-2H3,(H,23,24)(H,25,27). The van der Waals surface area contributed by atoms with Crippen LogP contribution < -0.4 is 5.32 Å². The van der Waals surface area contributed by atoms with Gasteiger partial charge in [-0.15, -0.1) is 0 Å². The van der Waals surface area contributed by atoms with E-state index in [9.17, 15) is 13.2 Å². The zero-order valence-electron chi connectivity index (χ0n) is 16.3. The Hall–Kier alpha value is -3.59. The second-order valence-electron chi connectivity index (χ2n) is 6.97. The number of carbonyl (C=O) groups is 1. The van der Waals surface area contributed by atoms with E-state index in [4.69, 9.17) is 0 Å². The molecule has 0 saturated carbocycles. The number of amides is 1. The number of aromatic nitrogens is 4. The van der Waals surface area contributed by atoms with Gasteiger partial charge in [0.1, 0.15) is 5.52 Å².